The first-order chi connectivity index (χ1) is 12.6. The molecular weight excluding hydrogens is 394 g/mol. The minimum atomic E-state index is -0.191. The van der Waals surface area contributed by atoms with Crippen molar-refractivity contribution in [3.05, 3.63) is 70.8 Å². The molecule has 1 aliphatic carbocycles. The maximum Gasteiger partial charge on any atom is 0.261 e. The van der Waals surface area contributed by atoms with Gasteiger partial charge in [0, 0.05) is 11.0 Å². The third-order valence-electron chi connectivity index (χ3n) is 5.12. The number of imide groups is 1. The standard InChI is InChI=1S/C21H18BrNO3/c1-26-14-7-8-15-18(12-14)13(6-9-19(15)22)10-11-23-20(24)16-4-2-3-5-17(16)21(23)25/h2-5,7-9,12-13H,6,10-11H2,1H3. The van der Waals surface area contributed by atoms with Crippen molar-refractivity contribution in [3.63, 3.8) is 0 Å². The van der Waals surface area contributed by atoms with Gasteiger partial charge in [0.05, 0.1) is 18.2 Å². The van der Waals surface area contributed by atoms with Gasteiger partial charge in [0.15, 0.2) is 0 Å². The predicted molar refractivity (Wildman–Crippen MR) is 104 cm³/mol. The number of methoxy groups -OCH3 is 1. The van der Waals surface area contributed by atoms with Crippen LogP contribution in [0, 0.1) is 0 Å². The summed E-state index contributed by atoms with van der Waals surface area (Å²) in [5.41, 5.74) is 3.34. The molecule has 2 aromatic carbocycles. The summed E-state index contributed by atoms with van der Waals surface area (Å²) < 4.78 is 6.44. The fraction of sp³-hybridized carbons (Fsp3) is 0.238. The van der Waals surface area contributed by atoms with Gasteiger partial charge in [-0.05, 0) is 60.2 Å². The van der Waals surface area contributed by atoms with Crippen LogP contribution in [0.1, 0.15) is 50.6 Å². The maximum absolute atomic E-state index is 12.5. The van der Waals surface area contributed by atoms with Crippen molar-refractivity contribution in [2.75, 3.05) is 13.7 Å². The maximum atomic E-state index is 12.5. The molecule has 0 saturated heterocycles. The minimum Gasteiger partial charge on any atom is -0.497 e. The molecule has 0 radical (unpaired) electrons. The highest BCUT2D eigenvalue weighted by molar-refractivity contribution is 9.15. The minimum absolute atomic E-state index is 0.191. The lowest BCUT2D eigenvalue weighted by atomic mass is 9.84. The number of allylic oxidation sites excluding steroid dienone is 1. The first kappa shape index (κ1) is 17.0. The molecule has 0 bridgehead atoms. The van der Waals surface area contributed by atoms with Gasteiger partial charge in [-0.1, -0.05) is 34.1 Å². The molecule has 132 valence electrons. The molecule has 2 amide bonds. The molecule has 26 heavy (non-hydrogen) atoms. The van der Waals surface area contributed by atoms with Crippen molar-refractivity contribution in [3.8, 4) is 5.75 Å². The molecule has 2 aromatic rings. The second kappa shape index (κ2) is 6.72. The summed E-state index contributed by atoms with van der Waals surface area (Å²) >= 11 is 3.62. The van der Waals surface area contributed by atoms with Gasteiger partial charge in [0.1, 0.15) is 5.75 Å². The first-order valence-corrected chi connectivity index (χ1v) is 9.38. The molecule has 1 heterocycles. The zero-order chi connectivity index (χ0) is 18.3. The third-order valence-corrected chi connectivity index (χ3v) is 5.87. The molecule has 2 aliphatic rings. The van der Waals surface area contributed by atoms with Gasteiger partial charge in [-0.2, -0.15) is 0 Å². The van der Waals surface area contributed by atoms with Crippen LogP contribution in [-0.2, 0) is 0 Å². The average Bonchev–Trinajstić information content (AvgIpc) is 2.92. The first-order valence-electron chi connectivity index (χ1n) is 8.59. The van der Waals surface area contributed by atoms with Gasteiger partial charge in [-0.25, -0.2) is 0 Å². The van der Waals surface area contributed by atoms with Crippen molar-refractivity contribution in [1.29, 1.82) is 0 Å². The van der Waals surface area contributed by atoms with E-state index in [-0.39, 0.29) is 17.7 Å². The van der Waals surface area contributed by atoms with Crippen LogP contribution < -0.4 is 4.74 Å². The van der Waals surface area contributed by atoms with E-state index in [9.17, 15) is 9.59 Å². The molecule has 0 fully saturated rings. The van der Waals surface area contributed by atoms with E-state index >= 15 is 0 Å². The zero-order valence-electron chi connectivity index (χ0n) is 14.4. The van der Waals surface area contributed by atoms with Crippen LogP contribution in [0.2, 0.25) is 0 Å². The smallest absolute Gasteiger partial charge is 0.261 e. The fourth-order valence-corrected chi connectivity index (χ4v) is 4.25. The molecule has 1 unspecified atom stereocenters. The number of benzene rings is 2. The van der Waals surface area contributed by atoms with Crippen LogP contribution >= 0.6 is 15.9 Å². The topological polar surface area (TPSA) is 46.6 Å². The van der Waals surface area contributed by atoms with Gasteiger partial charge in [0.2, 0.25) is 0 Å². The molecule has 0 saturated carbocycles. The van der Waals surface area contributed by atoms with Gasteiger partial charge < -0.3 is 4.74 Å². The monoisotopic (exact) mass is 411 g/mol. The van der Waals surface area contributed by atoms with Crippen LogP contribution in [-0.4, -0.2) is 30.4 Å². The Kier molecular flexibility index (Phi) is 4.41. The lowest BCUT2D eigenvalue weighted by Gasteiger charge is -2.26. The second-order valence-electron chi connectivity index (χ2n) is 6.53. The lowest BCUT2D eigenvalue weighted by Crippen LogP contribution is -2.31. The summed E-state index contributed by atoms with van der Waals surface area (Å²) in [7, 11) is 1.66. The van der Waals surface area contributed by atoms with Gasteiger partial charge in [-0.15, -0.1) is 0 Å². The highest BCUT2D eigenvalue weighted by Gasteiger charge is 2.35. The molecule has 4 nitrogen and oxygen atoms in total. The van der Waals surface area contributed by atoms with Crippen molar-refractivity contribution < 1.29 is 14.3 Å². The second-order valence-corrected chi connectivity index (χ2v) is 7.39. The van der Waals surface area contributed by atoms with Crippen LogP contribution in [0.3, 0.4) is 0 Å². The summed E-state index contributed by atoms with van der Waals surface area (Å²) in [5.74, 6) is 0.676. The highest BCUT2D eigenvalue weighted by atomic mass is 79.9. The Hall–Kier alpha value is -2.40. The number of carbonyl (C=O) groups is 2. The van der Waals surface area contributed by atoms with Crippen molar-refractivity contribution >= 4 is 32.2 Å². The lowest BCUT2D eigenvalue weighted by molar-refractivity contribution is 0.0649. The quantitative estimate of drug-likeness (QED) is 0.690. The number of amides is 2. The Morgan fingerprint density at radius 3 is 2.42 bits per heavy atom. The summed E-state index contributed by atoms with van der Waals surface area (Å²) in [4.78, 5) is 26.5. The van der Waals surface area contributed by atoms with Crippen LogP contribution in [0.5, 0.6) is 5.75 Å². The molecule has 0 spiro atoms. The number of fused-ring (bicyclic) bond motifs is 2. The number of hydrogen-bond donors (Lipinski definition) is 0. The Balaban J connectivity index is 1.55. The Morgan fingerprint density at radius 2 is 1.77 bits per heavy atom. The van der Waals surface area contributed by atoms with Crippen LogP contribution in [0.4, 0.5) is 0 Å². The summed E-state index contributed by atoms with van der Waals surface area (Å²) in [6, 6.07) is 13.1. The van der Waals surface area contributed by atoms with E-state index in [2.05, 4.69) is 28.1 Å². The van der Waals surface area contributed by atoms with Gasteiger partial charge in [-0.3, -0.25) is 14.5 Å². The zero-order valence-corrected chi connectivity index (χ0v) is 16.0. The van der Waals surface area contributed by atoms with E-state index in [4.69, 9.17) is 4.74 Å². The summed E-state index contributed by atoms with van der Waals surface area (Å²) in [6.07, 6.45) is 3.74. The van der Waals surface area contributed by atoms with E-state index in [0.29, 0.717) is 17.7 Å². The van der Waals surface area contributed by atoms with Crippen molar-refractivity contribution in [2.24, 2.45) is 0 Å². The Bertz CT molecular complexity index is 900. The number of nitrogens with zero attached hydrogens (tertiary/aromatic N) is 1. The van der Waals surface area contributed by atoms with Crippen molar-refractivity contribution in [1.82, 2.24) is 4.90 Å². The van der Waals surface area contributed by atoms with E-state index in [1.54, 1.807) is 31.4 Å². The number of carbonyl (C=O) groups excluding carboxylic acids is 2. The van der Waals surface area contributed by atoms with Crippen molar-refractivity contribution in [2.45, 2.75) is 18.8 Å². The highest BCUT2D eigenvalue weighted by Crippen LogP contribution is 2.41. The summed E-state index contributed by atoms with van der Waals surface area (Å²) in [5, 5.41) is 0. The summed E-state index contributed by atoms with van der Waals surface area (Å²) in [6.45, 7) is 0.416. The van der Waals surface area contributed by atoms with E-state index in [0.717, 1.165) is 28.6 Å². The fourth-order valence-electron chi connectivity index (χ4n) is 3.71. The number of ether oxygens (including phenoxy) is 1. The number of halogens is 1. The number of hydrogen-bond acceptors (Lipinski definition) is 3. The SMILES string of the molecule is COc1ccc2c(c1)C(CCN1C(=O)c3ccccc3C1=O)CC=C2Br. The van der Waals surface area contributed by atoms with Crippen LogP contribution in [0.25, 0.3) is 4.48 Å². The normalized spacial score (nSPS) is 18.5. The molecule has 1 aliphatic heterocycles. The molecule has 5 heteroatoms. The molecular formula is C21H18BrNO3. The molecule has 4 rings (SSSR count). The largest absolute Gasteiger partial charge is 0.497 e. The average molecular weight is 412 g/mol. The molecule has 0 aromatic heterocycles. The van der Waals surface area contributed by atoms with E-state index in [1.807, 2.05) is 12.1 Å². The predicted octanol–water partition coefficient (Wildman–Crippen LogP) is 4.60. The third kappa shape index (κ3) is 2.76. The van der Waals surface area contributed by atoms with Crippen LogP contribution in [0.15, 0.2) is 48.5 Å². The van der Waals surface area contributed by atoms with Gasteiger partial charge >= 0.3 is 0 Å². The number of rotatable bonds is 4. The Morgan fingerprint density at radius 1 is 1.08 bits per heavy atom. The van der Waals surface area contributed by atoms with Gasteiger partial charge in [0.25, 0.3) is 11.8 Å². The molecule has 0 N–H and O–H groups in total. The molecule has 1 atom stereocenters. The van der Waals surface area contributed by atoms with E-state index < -0.39 is 0 Å². The Labute approximate surface area is 160 Å². The van der Waals surface area contributed by atoms with E-state index in [1.165, 1.54) is 10.5 Å².